The van der Waals surface area contributed by atoms with E-state index in [0.717, 1.165) is 18.4 Å². The molecule has 1 aliphatic rings. The number of thiazole rings is 1. The van der Waals surface area contributed by atoms with Crippen LogP contribution in [0.2, 0.25) is 0 Å². The van der Waals surface area contributed by atoms with Gasteiger partial charge in [-0.15, -0.1) is 11.3 Å². The van der Waals surface area contributed by atoms with Crippen LogP contribution in [0.25, 0.3) is 0 Å². The Morgan fingerprint density at radius 3 is 3.00 bits per heavy atom. The average molecular weight is 319 g/mol. The minimum absolute atomic E-state index is 0.247. The standard InChI is InChI=1S/C10H13N3O5S2/c1-18-9(15)7-10(19-5-12-7)20(16,17)13-6-3-2-4-11-8(6)14/h5-6,13H,2-4H2,1H3,(H,11,14). The number of ether oxygens (including phenoxy) is 1. The van der Waals surface area contributed by atoms with Crippen LogP contribution in [0.3, 0.4) is 0 Å². The van der Waals surface area contributed by atoms with Crippen molar-refractivity contribution in [3.8, 4) is 0 Å². The summed E-state index contributed by atoms with van der Waals surface area (Å²) in [6, 6.07) is -0.832. The topological polar surface area (TPSA) is 114 Å². The first-order valence-electron chi connectivity index (χ1n) is 5.77. The van der Waals surface area contributed by atoms with Gasteiger partial charge in [-0.3, -0.25) is 4.79 Å². The first-order valence-corrected chi connectivity index (χ1v) is 8.14. The van der Waals surface area contributed by atoms with Crippen LogP contribution in [0.4, 0.5) is 0 Å². The predicted molar refractivity (Wildman–Crippen MR) is 69.8 cm³/mol. The van der Waals surface area contributed by atoms with E-state index in [0.29, 0.717) is 19.4 Å². The third-order valence-corrected chi connectivity index (χ3v) is 5.58. The van der Waals surface area contributed by atoms with Crippen molar-refractivity contribution in [1.29, 1.82) is 0 Å². The van der Waals surface area contributed by atoms with Crippen LogP contribution >= 0.6 is 11.3 Å². The Balaban J connectivity index is 2.24. The first kappa shape index (κ1) is 14.9. The van der Waals surface area contributed by atoms with Gasteiger partial charge in [0.15, 0.2) is 9.90 Å². The lowest BCUT2D eigenvalue weighted by Gasteiger charge is -2.22. The van der Waals surface area contributed by atoms with Crippen LogP contribution < -0.4 is 10.0 Å². The molecule has 2 rings (SSSR count). The minimum Gasteiger partial charge on any atom is -0.464 e. The molecule has 8 nitrogen and oxygen atoms in total. The lowest BCUT2D eigenvalue weighted by Crippen LogP contribution is -2.50. The molecule has 1 atom stereocenters. The van der Waals surface area contributed by atoms with E-state index >= 15 is 0 Å². The Bertz CT molecular complexity index is 625. The summed E-state index contributed by atoms with van der Waals surface area (Å²) >= 11 is 0.796. The molecule has 20 heavy (non-hydrogen) atoms. The van der Waals surface area contributed by atoms with Gasteiger partial charge in [-0.2, -0.15) is 4.72 Å². The molecule has 2 heterocycles. The highest BCUT2D eigenvalue weighted by molar-refractivity contribution is 7.91. The van der Waals surface area contributed by atoms with E-state index in [9.17, 15) is 18.0 Å². The maximum atomic E-state index is 12.2. The highest BCUT2D eigenvalue weighted by Gasteiger charge is 2.32. The third-order valence-electron chi connectivity index (χ3n) is 2.74. The van der Waals surface area contributed by atoms with E-state index in [1.54, 1.807) is 0 Å². The highest BCUT2D eigenvalue weighted by atomic mass is 32.2. The summed E-state index contributed by atoms with van der Waals surface area (Å²) in [4.78, 5) is 26.7. The van der Waals surface area contributed by atoms with Crippen LogP contribution in [0.1, 0.15) is 23.3 Å². The molecule has 10 heteroatoms. The molecule has 1 amide bonds. The third kappa shape index (κ3) is 2.97. The van der Waals surface area contributed by atoms with Crippen LogP contribution in [0, 0.1) is 0 Å². The summed E-state index contributed by atoms with van der Waals surface area (Å²) in [5.41, 5.74) is 0.961. The maximum absolute atomic E-state index is 12.2. The van der Waals surface area contributed by atoms with Crippen molar-refractivity contribution in [3.05, 3.63) is 11.2 Å². The molecule has 1 unspecified atom stereocenters. The summed E-state index contributed by atoms with van der Waals surface area (Å²) < 4.78 is 31.0. The second-order valence-electron chi connectivity index (χ2n) is 4.09. The van der Waals surface area contributed by atoms with E-state index in [1.165, 1.54) is 5.51 Å². The number of nitrogens with zero attached hydrogens (tertiary/aromatic N) is 1. The van der Waals surface area contributed by atoms with Gasteiger partial charge in [0.2, 0.25) is 5.91 Å². The van der Waals surface area contributed by atoms with E-state index in [1.807, 2.05) is 0 Å². The Hall–Kier alpha value is -1.52. The molecular formula is C10H13N3O5S2. The van der Waals surface area contributed by atoms with Crippen LogP contribution in [-0.4, -0.2) is 45.0 Å². The molecule has 2 N–H and O–H groups in total. The Labute approximate surface area is 119 Å². The molecule has 0 aromatic carbocycles. The fourth-order valence-electron chi connectivity index (χ4n) is 1.78. The number of piperidine rings is 1. The van der Waals surface area contributed by atoms with E-state index in [2.05, 4.69) is 19.8 Å². The molecule has 1 aliphatic heterocycles. The number of carbonyl (C=O) groups excluding carboxylic acids is 2. The number of hydrogen-bond donors (Lipinski definition) is 2. The molecule has 0 spiro atoms. The van der Waals surface area contributed by atoms with Gasteiger partial charge in [0.05, 0.1) is 12.6 Å². The summed E-state index contributed by atoms with van der Waals surface area (Å²) in [5, 5.41) is 2.58. The van der Waals surface area contributed by atoms with E-state index < -0.39 is 22.0 Å². The maximum Gasteiger partial charge on any atom is 0.358 e. The molecule has 110 valence electrons. The summed E-state index contributed by atoms with van der Waals surface area (Å²) in [7, 11) is -2.85. The molecule has 1 aromatic heterocycles. The zero-order valence-electron chi connectivity index (χ0n) is 10.6. The molecule has 0 radical (unpaired) electrons. The van der Waals surface area contributed by atoms with Gasteiger partial charge in [0.1, 0.15) is 6.04 Å². The van der Waals surface area contributed by atoms with Gasteiger partial charge in [-0.05, 0) is 12.8 Å². The normalized spacial score (nSPS) is 19.4. The number of hydrogen-bond acceptors (Lipinski definition) is 7. The highest BCUT2D eigenvalue weighted by Crippen LogP contribution is 2.21. The largest absolute Gasteiger partial charge is 0.464 e. The SMILES string of the molecule is COC(=O)c1ncsc1S(=O)(=O)NC1CCCNC1=O. The van der Waals surface area contributed by atoms with Crippen molar-refractivity contribution in [1.82, 2.24) is 15.0 Å². The first-order chi connectivity index (χ1) is 9.45. The van der Waals surface area contributed by atoms with Gasteiger partial charge in [0.25, 0.3) is 10.0 Å². The number of carbonyl (C=O) groups is 2. The van der Waals surface area contributed by atoms with Gasteiger partial charge in [0, 0.05) is 6.54 Å². The molecule has 1 aromatic rings. The molecule has 1 fully saturated rings. The lowest BCUT2D eigenvalue weighted by atomic mass is 10.1. The zero-order valence-corrected chi connectivity index (χ0v) is 12.2. The molecule has 1 saturated heterocycles. The minimum atomic E-state index is -3.99. The predicted octanol–water partition coefficient (Wildman–Crippen LogP) is -0.513. The number of aromatic nitrogens is 1. The van der Waals surface area contributed by atoms with Gasteiger partial charge in [-0.1, -0.05) is 0 Å². The average Bonchev–Trinajstić information content (AvgIpc) is 2.90. The van der Waals surface area contributed by atoms with Crippen molar-refractivity contribution in [2.75, 3.05) is 13.7 Å². The number of esters is 1. The fraction of sp³-hybridized carbons (Fsp3) is 0.500. The van der Waals surface area contributed by atoms with Crippen molar-refractivity contribution >= 4 is 33.2 Å². The van der Waals surface area contributed by atoms with Crippen LogP contribution in [0.5, 0.6) is 0 Å². The quantitative estimate of drug-likeness (QED) is 0.722. The summed E-state index contributed by atoms with van der Waals surface area (Å²) in [6.07, 6.45) is 1.10. The Morgan fingerprint density at radius 2 is 2.35 bits per heavy atom. The fourth-order valence-corrected chi connectivity index (χ4v) is 4.16. The smallest absolute Gasteiger partial charge is 0.358 e. The van der Waals surface area contributed by atoms with Crippen molar-refractivity contribution in [2.24, 2.45) is 0 Å². The van der Waals surface area contributed by atoms with Gasteiger partial charge < -0.3 is 10.1 Å². The molecule has 0 bridgehead atoms. The second kappa shape index (κ2) is 5.85. The van der Waals surface area contributed by atoms with Crippen molar-refractivity contribution in [2.45, 2.75) is 23.1 Å². The number of methoxy groups -OCH3 is 1. The summed E-state index contributed by atoms with van der Waals surface area (Å²) in [6.45, 7) is 0.533. The Kier molecular flexibility index (Phi) is 4.35. The Morgan fingerprint density at radius 1 is 1.60 bits per heavy atom. The molecule has 0 aliphatic carbocycles. The van der Waals surface area contributed by atoms with E-state index in [4.69, 9.17) is 0 Å². The van der Waals surface area contributed by atoms with Crippen molar-refractivity contribution in [3.63, 3.8) is 0 Å². The zero-order chi connectivity index (χ0) is 14.8. The van der Waals surface area contributed by atoms with Gasteiger partial charge in [-0.25, -0.2) is 18.2 Å². The number of rotatable bonds is 4. The van der Waals surface area contributed by atoms with Crippen molar-refractivity contribution < 1.29 is 22.7 Å². The number of sulfonamides is 1. The van der Waals surface area contributed by atoms with Crippen LogP contribution in [-0.2, 0) is 19.6 Å². The molecular weight excluding hydrogens is 306 g/mol. The lowest BCUT2D eigenvalue weighted by molar-refractivity contribution is -0.124. The van der Waals surface area contributed by atoms with E-state index in [-0.39, 0.29) is 15.8 Å². The monoisotopic (exact) mass is 319 g/mol. The summed E-state index contributed by atoms with van der Waals surface area (Å²) in [5.74, 6) is -1.20. The number of amides is 1. The van der Waals surface area contributed by atoms with Crippen LogP contribution in [0.15, 0.2) is 9.72 Å². The second-order valence-corrected chi connectivity index (χ2v) is 6.85. The molecule has 0 saturated carbocycles. The van der Waals surface area contributed by atoms with Gasteiger partial charge >= 0.3 is 5.97 Å². The number of nitrogens with one attached hydrogen (secondary N) is 2.